The molecular formula is C26H37ClO8. The van der Waals surface area contributed by atoms with Gasteiger partial charge in [-0.15, -0.1) is 0 Å². The summed E-state index contributed by atoms with van der Waals surface area (Å²) in [7, 11) is 0. The minimum Gasteiger partial charge on any atom is -0.466 e. The van der Waals surface area contributed by atoms with Gasteiger partial charge in [0.1, 0.15) is 11.7 Å². The van der Waals surface area contributed by atoms with Crippen LogP contribution in [0.3, 0.4) is 0 Å². The standard InChI is InChI=1S/C26H37ClO8/c1-5-7-8-9-10-11-15-26(32)17-21(27)25(31)20(26)16-23(35-19(4)29)22(34-18(3)28)13-12-14-24(30)33-6-2/h10-11,16-17,22-23,32H,5-9,12-15H2,1-4H3/b11-10+,20-16+. The molecule has 8 nitrogen and oxygen atoms in total. The van der Waals surface area contributed by atoms with Crippen LogP contribution in [0.4, 0.5) is 0 Å². The molecule has 0 amide bonds. The van der Waals surface area contributed by atoms with E-state index in [4.69, 9.17) is 25.8 Å². The molecule has 196 valence electrons. The number of allylic oxidation sites excluding steroid dienone is 2. The lowest BCUT2D eigenvalue weighted by molar-refractivity contribution is -0.162. The van der Waals surface area contributed by atoms with E-state index in [9.17, 15) is 24.3 Å². The minimum absolute atomic E-state index is 0.0606. The van der Waals surface area contributed by atoms with Gasteiger partial charge in [0.05, 0.1) is 11.6 Å². The van der Waals surface area contributed by atoms with Crippen LogP contribution in [0.1, 0.15) is 79.1 Å². The number of carbonyl (C=O) groups excluding carboxylic acids is 4. The van der Waals surface area contributed by atoms with E-state index in [1.54, 1.807) is 13.0 Å². The van der Waals surface area contributed by atoms with Crippen molar-refractivity contribution >= 4 is 35.3 Å². The first kappa shape index (κ1) is 30.6. The SMILES string of the molecule is CCCCC/C=C/CC1(O)C=C(Cl)C(=O)/C1=C\C(OC(C)=O)C(CCCC(=O)OCC)OC(C)=O. The van der Waals surface area contributed by atoms with Crippen molar-refractivity contribution in [2.24, 2.45) is 0 Å². The molecule has 0 fully saturated rings. The van der Waals surface area contributed by atoms with Crippen molar-refractivity contribution in [3.05, 3.63) is 34.9 Å². The van der Waals surface area contributed by atoms with E-state index >= 15 is 0 Å². The molecule has 0 aromatic carbocycles. The van der Waals surface area contributed by atoms with Gasteiger partial charge in [-0.3, -0.25) is 19.2 Å². The van der Waals surface area contributed by atoms with Gasteiger partial charge in [-0.25, -0.2) is 0 Å². The first-order valence-corrected chi connectivity index (χ1v) is 12.4. The van der Waals surface area contributed by atoms with Gasteiger partial charge in [-0.05, 0) is 44.8 Å². The van der Waals surface area contributed by atoms with E-state index in [1.807, 2.05) is 6.08 Å². The molecule has 35 heavy (non-hydrogen) atoms. The number of unbranched alkanes of at least 4 members (excludes halogenated alkanes) is 3. The van der Waals surface area contributed by atoms with Gasteiger partial charge in [0, 0.05) is 32.3 Å². The summed E-state index contributed by atoms with van der Waals surface area (Å²) in [6.45, 7) is 6.44. The Morgan fingerprint density at radius 2 is 1.77 bits per heavy atom. The molecule has 3 unspecified atom stereocenters. The molecule has 1 aliphatic carbocycles. The number of ether oxygens (including phenoxy) is 3. The quantitative estimate of drug-likeness (QED) is 0.112. The third-order valence-corrected chi connectivity index (χ3v) is 5.64. The maximum Gasteiger partial charge on any atom is 0.305 e. The van der Waals surface area contributed by atoms with E-state index < -0.39 is 41.5 Å². The molecule has 9 heteroatoms. The van der Waals surface area contributed by atoms with Gasteiger partial charge < -0.3 is 19.3 Å². The van der Waals surface area contributed by atoms with Crippen molar-refractivity contribution in [3.8, 4) is 0 Å². The third kappa shape index (κ3) is 10.8. The maximum absolute atomic E-state index is 12.8. The fourth-order valence-corrected chi connectivity index (χ4v) is 4.00. The molecule has 0 aromatic heterocycles. The van der Waals surface area contributed by atoms with Crippen LogP contribution in [0.5, 0.6) is 0 Å². The Morgan fingerprint density at radius 1 is 1.09 bits per heavy atom. The van der Waals surface area contributed by atoms with Crippen LogP contribution >= 0.6 is 11.6 Å². The van der Waals surface area contributed by atoms with E-state index in [2.05, 4.69) is 6.92 Å². The van der Waals surface area contributed by atoms with Gasteiger partial charge in [-0.1, -0.05) is 43.5 Å². The van der Waals surface area contributed by atoms with Gasteiger partial charge in [0.25, 0.3) is 0 Å². The minimum atomic E-state index is -1.69. The van der Waals surface area contributed by atoms with E-state index in [1.165, 1.54) is 26.0 Å². The zero-order valence-electron chi connectivity index (χ0n) is 21.0. The second kappa shape index (κ2) is 15.5. The first-order valence-electron chi connectivity index (χ1n) is 12.1. The smallest absolute Gasteiger partial charge is 0.305 e. The molecule has 0 bridgehead atoms. The Kier molecular flexibility index (Phi) is 13.6. The molecule has 0 spiro atoms. The number of rotatable bonds is 15. The van der Waals surface area contributed by atoms with Crippen molar-refractivity contribution in [1.82, 2.24) is 0 Å². The number of carbonyl (C=O) groups is 4. The highest BCUT2D eigenvalue weighted by atomic mass is 35.5. The van der Waals surface area contributed by atoms with Crippen LogP contribution in [-0.4, -0.2) is 53.2 Å². The fraction of sp³-hybridized carbons (Fsp3) is 0.615. The topological polar surface area (TPSA) is 116 Å². The average Bonchev–Trinajstić information content (AvgIpc) is 2.97. The lowest BCUT2D eigenvalue weighted by atomic mass is 9.90. The molecule has 0 radical (unpaired) electrons. The highest BCUT2D eigenvalue weighted by molar-refractivity contribution is 6.46. The van der Waals surface area contributed by atoms with E-state index in [-0.39, 0.29) is 42.9 Å². The van der Waals surface area contributed by atoms with Gasteiger partial charge in [0.2, 0.25) is 5.78 Å². The van der Waals surface area contributed by atoms with Crippen molar-refractivity contribution in [2.75, 3.05) is 6.61 Å². The molecule has 0 saturated heterocycles. The van der Waals surface area contributed by atoms with Crippen LogP contribution in [0.15, 0.2) is 34.9 Å². The number of Topliss-reactive ketones (excluding diaryl/α,β-unsaturated/α-hetero) is 1. The molecule has 0 heterocycles. The van der Waals surface area contributed by atoms with Crippen LogP contribution in [0.25, 0.3) is 0 Å². The maximum atomic E-state index is 12.8. The molecule has 3 atom stereocenters. The number of esters is 3. The molecule has 1 aliphatic rings. The Balaban J connectivity index is 3.18. The van der Waals surface area contributed by atoms with E-state index in [0.717, 1.165) is 25.7 Å². The Labute approximate surface area is 212 Å². The Morgan fingerprint density at radius 3 is 2.37 bits per heavy atom. The lowest BCUT2D eigenvalue weighted by Crippen LogP contribution is -2.36. The summed E-state index contributed by atoms with van der Waals surface area (Å²) in [4.78, 5) is 48.0. The predicted octanol–water partition coefficient (Wildman–Crippen LogP) is 4.47. The normalized spacial score (nSPS) is 20.6. The van der Waals surface area contributed by atoms with Crippen LogP contribution in [-0.2, 0) is 33.4 Å². The van der Waals surface area contributed by atoms with Crippen molar-refractivity contribution in [3.63, 3.8) is 0 Å². The fourth-order valence-electron chi connectivity index (χ4n) is 3.72. The van der Waals surface area contributed by atoms with Crippen LogP contribution in [0, 0.1) is 0 Å². The number of hydrogen-bond acceptors (Lipinski definition) is 8. The van der Waals surface area contributed by atoms with Gasteiger partial charge in [-0.2, -0.15) is 0 Å². The van der Waals surface area contributed by atoms with Crippen LogP contribution in [0.2, 0.25) is 0 Å². The molecule has 1 rings (SSSR count). The van der Waals surface area contributed by atoms with Gasteiger partial charge in [0.15, 0.2) is 6.10 Å². The second-order valence-electron chi connectivity index (χ2n) is 8.42. The summed E-state index contributed by atoms with van der Waals surface area (Å²) >= 11 is 6.07. The second-order valence-corrected chi connectivity index (χ2v) is 8.82. The predicted molar refractivity (Wildman–Crippen MR) is 131 cm³/mol. The summed E-state index contributed by atoms with van der Waals surface area (Å²) in [5.74, 6) is -2.29. The highest BCUT2D eigenvalue weighted by Gasteiger charge is 2.42. The summed E-state index contributed by atoms with van der Waals surface area (Å²) in [6, 6.07) is 0. The summed E-state index contributed by atoms with van der Waals surface area (Å²) in [6.07, 6.45) is 8.81. The average molecular weight is 513 g/mol. The Hall–Kier alpha value is -2.45. The highest BCUT2D eigenvalue weighted by Crippen LogP contribution is 2.37. The summed E-state index contributed by atoms with van der Waals surface area (Å²) in [5.41, 5.74) is -1.76. The monoisotopic (exact) mass is 512 g/mol. The summed E-state index contributed by atoms with van der Waals surface area (Å²) in [5, 5.41) is 11.1. The lowest BCUT2D eigenvalue weighted by Gasteiger charge is -2.27. The summed E-state index contributed by atoms with van der Waals surface area (Å²) < 4.78 is 15.6. The van der Waals surface area contributed by atoms with E-state index in [0.29, 0.717) is 0 Å². The number of halogens is 1. The first-order chi connectivity index (χ1) is 16.5. The van der Waals surface area contributed by atoms with Crippen molar-refractivity contribution in [1.29, 1.82) is 0 Å². The van der Waals surface area contributed by atoms with Crippen LogP contribution < -0.4 is 0 Å². The largest absolute Gasteiger partial charge is 0.466 e. The zero-order chi connectivity index (χ0) is 26.4. The molecular weight excluding hydrogens is 476 g/mol. The Bertz CT molecular complexity index is 844. The van der Waals surface area contributed by atoms with Gasteiger partial charge >= 0.3 is 17.9 Å². The molecule has 0 aliphatic heterocycles. The molecule has 1 N–H and O–H groups in total. The number of hydrogen-bond donors (Lipinski definition) is 1. The molecule has 0 saturated carbocycles. The zero-order valence-corrected chi connectivity index (χ0v) is 21.8. The molecule has 0 aromatic rings. The number of ketones is 1. The van der Waals surface area contributed by atoms with Crippen molar-refractivity contribution < 1.29 is 38.5 Å². The number of aliphatic hydroxyl groups is 1. The third-order valence-electron chi connectivity index (χ3n) is 5.36. The van der Waals surface area contributed by atoms with Crippen molar-refractivity contribution in [2.45, 2.75) is 96.9 Å².